The van der Waals surface area contributed by atoms with Crippen LogP contribution in [-0.2, 0) is 0 Å². The number of carboxylic acid groups (broad SMARTS) is 1. The van der Waals surface area contributed by atoms with Gasteiger partial charge < -0.3 is 5.11 Å². The summed E-state index contributed by atoms with van der Waals surface area (Å²) in [4.78, 5) is 20.4. The molecule has 0 spiro atoms. The maximum atomic E-state index is 11.5. The highest BCUT2D eigenvalue weighted by Crippen LogP contribution is 2.37. The van der Waals surface area contributed by atoms with Gasteiger partial charge in [-0.1, -0.05) is 33.6 Å². The molecule has 0 radical (unpaired) electrons. The van der Waals surface area contributed by atoms with Gasteiger partial charge in [-0.2, -0.15) is 0 Å². The van der Waals surface area contributed by atoms with Gasteiger partial charge in [-0.15, -0.1) is 11.8 Å². The van der Waals surface area contributed by atoms with Gasteiger partial charge in [-0.25, -0.2) is 14.8 Å². The molecule has 1 aromatic rings. The van der Waals surface area contributed by atoms with Gasteiger partial charge in [0.2, 0.25) is 0 Å². The molecule has 116 valence electrons. The zero-order chi connectivity index (χ0) is 15.6. The molecule has 0 amide bonds. The van der Waals surface area contributed by atoms with Crippen molar-refractivity contribution in [2.24, 2.45) is 5.92 Å². The van der Waals surface area contributed by atoms with Crippen molar-refractivity contribution in [3.8, 4) is 0 Å². The van der Waals surface area contributed by atoms with Crippen LogP contribution in [-0.4, -0.2) is 26.3 Å². The van der Waals surface area contributed by atoms with Crippen LogP contribution in [0.25, 0.3) is 0 Å². The number of hydrogen-bond acceptors (Lipinski definition) is 4. The van der Waals surface area contributed by atoms with Crippen LogP contribution in [0.5, 0.6) is 0 Å². The highest BCUT2D eigenvalue weighted by Gasteiger charge is 2.25. The Kier molecular flexibility index (Phi) is 5.25. The van der Waals surface area contributed by atoms with Gasteiger partial charge in [0.05, 0.1) is 5.69 Å². The number of carboxylic acids is 1. The van der Waals surface area contributed by atoms with Crippen molar-refractivity contribution in [2.45, 2.75) is 69.6 Å². The van der Waals surface area contributed by atoms with Crippen LogP contribution in [0.4, 0.5) is 0 Å². The van der Waals surface area contributed by atoms with Crippen molar-refractivity contribution in [3.63, 3.8) is 0 Å². The highest BCUT2D eigenvalue weighted by molar-refractivity contribution is 7.99. The van der Waals surface area contributed by atoms with Gasteiger partial charge >= 0.3 is 5.97 Å². The molecule has 1 aliphatic rings. The average molecular weight is 308 g/mol. The number of nitrogens with zero attached hydrogens (tertiary/aromatic N) is 2. The fraction of sp³-hybridized carbons (Fsp3) is 0.688. The smallest absolute Gasteiger partial charge is 0.340 e. The second-order valence-corrected chi connectivity index (χ2v) is 7.61. The molecule has 1 heterocycles. The molecule has 1 aromatic heterocycles. The van der Waals surface area contributed by atoms with Crippen molar-refractivity contribution in [3.05, 3.63) is 17.1 Å². The molecule has 2 unspecified atom stereocenters. The third-order valence-electron chi connectivity index (χ3n) is 3.97. The number of hydrogen-bond donors (Lipinski definition) is 1. The summed E-state index contributed by atoms with van der Waals surface area (Å²) >= 11 is 1.64. The largest absolute Gasteiger partial charge is 0.478 e. The van der Waals surface area contributed by atoms with Crippen molar-refractivity contribution >= 4 is 17.7 Å². The minimum absolute atomic E-state index is 0.205. The molecule has 1 fully saturated rings. The first kappa shape index (κ1) is 16.3. The Balaban J connectivity index is 2.32. The van der Waals surface area contributed by atoms with Crippen LogP contribution in [0, 0.1) is 12.8 Å². The summed E-state index contributed by atoms with van der Waals surface area (Å²) in [6, 6.07) is 0. The maximum Gasteiger partial charge on any atom is 0.340 e. The van der Waals surface area contributed by atoms with E-state index in [2.05, 4.69) is 16.9 Å². The molecule has 2 rings (SSSR count). The second-order valence-electron chi connectivity index (χ2n) is 6.32. The van der Waals surface area contributed by atoms with E-state index < -0.39 is 5.97 Å². The molecule has 0 saturated heterocycles. The third kappa shape index (κ3) is 3.96. The summed E-state index contributed by atoms with van der Waals surface area (Å²) < 4.78 is 0. The quantitative estimate of drug-likeness (QED) is 0.841. The van der Waals surface area contributed by atoms with E-state index in [9.17, 15) is 9.90 Å². The van der Waals surface area contributed by atoms with Gasteiger partial charge in [0.1, 0.15) is 16.4 Å². The van der Waals surface area contributed by atoms with Gasteiger partial charge in [-0.3, -0.25) is 0 Å². The van der Waals surface area contributed by atoms with Crippen molar-refractivity contribution in [1.29, 1.82) is 0 Å². The van der Waals surface area contributed by atoms with E-state index in [0.29, 0.717) is 16.0 Å². The number of aromatic carboxylic acids is 1. The molecule has 4 nitrogen and oxygen atoms in total. The Labute approximate surface area is 130 Å². The fourth-order valence-corrected chi connectivity index (χ4v) is 4.32. The lowest BCUT2D eigenvalue weighted by Crippen LogP contribution is -2.17. The fourth-order valence-electron chi connectivity index (χ4n) is 2.80. The first-order valence-electron chi connectivity index (χ1n) is 7.67. The Morgan fingerprint density at radius 1 is 1.33 bits per heavy atom. The van der Waals surface area contributed by atoms with E-state index in [1.165, 1.54) is 12.8 Å². The molecule has 1 aliphatic carbocycles. The molecule has 1 N–H and O–H groups in total. The summed E-state index contributed by atoms with van der Waals surface area (Å²) in [6.45, 7) is 8.11. The Morgan fingerprint density at radius 2 is 2.05 bits per heavy atom. The average Bonchev–Trinajstić information content (AvgIpc) is 2.37. The van der Waals surface area contributed by atoms with Crippen molar-refractivity contribution in [1.82, 2.24) is 9.97 Å². The lowest BCUT2D eigenvalue weighted by molar-refractivity contribution is 0.0690. The minimum Gasteiger partial charge on any atom is -0.478 e. The van der Waals surface area contributed by atoms with Crippen molar-refractivity contribution in [2.75, 3.05) is 0 Å². The SMILES string of the molecule is Cc1nc(C(C)C)nc(SC2CCCC(C)C2)c1C(=O)O. The Hall–Kier alpha value is -1.10. The van der Waals surface area contributed by atoms with E-state index >= 15 is 0 Å². The summed E-state index contributed by atoms with van der Waals surface area (Å²) in [5, 5.41) is 10.6. The molecule has 21 heavy (non-hydrogen) atoms. The van der Waals surface area contributed by atoms with Gasteiger partial charge in [0, 0.05) is 11.2 Å². The minimum atomic E-state index is -0.922. The van der Waals surface area contributed by atoms with Crippen LogP contribution in [0.3, 0.4) is 0 Å². The van der Waals surface area contributed by atoms with Gasteiger partial charge in [0.25, 0.3) is 0 Å². The van der Waals surface area contributed by atoms with Gasteiger partial charge in [-0.05, 0) is 25.7 Å². The van der Waals surface area contributed by atoms with E-state index in [0.717, 1.165) is 24.6 Å². The number of rotatable bonds is 4. The molecular weight excluding hydrogens is 284 g/mol. The van der Waals surface area contributed by atoms with Crippen LogP contribution in [0.2, 0.25) is 0 Å². The van der Waals surface area contributed by atoms with Crippen LogP contribution >= 0.6 is 11.8 Å². The Bertz CT molecular complexity index is 531. The zero-order valence-corrected chi connectivity index (χ0v) is 14.0. The number of aromatic nitrogens is 2. The second kappa shape index (κ2) is 6.77. The summed E-state index contributed by atoms with van der Waals surface area (Å²) in [5.41, 5.74) is 0.857. The lowest BCUT2D eigenvalue weighted by atomic mass is 9.91. The maximum absolute atomic E-state index is 11.5. The molecule has 0 bridgehead atoms. The van der Waals surface area contributed by atoms with Gasteiger partial charge in [0.15, 0.2) is 0 Å². The zero-order valence-electron chi connectivity index (χ0n) is 13.2. The Morgan fingerprint density at radius 3 is 2.62 bits per heavy atom. The van der Waals surface area contributed by atoms with E-state index in [4.69, 9.17) is 0 Å². The highest BCUT2D eigenvalue weighted by atomic mass is 32.2. The topological polar surface area (TPSA) is 63.1 Å². The summed E-state index contributed by atoms with van der Waals surface area (Å²) in [6.07, 6.45) is 4.79. The third-order valence-corrected chi connectivity index (χ3v) is 5.25. The van der Waals surface area contributed by atoms with E-state index in [1.54, 1.807) is 18.7 Å². The predicted octanol–water partition coefficient (Wildman–Crippen LogP) is 4.28. The first-order valence-corrected chi connectivity index (χ1v) is 8.55. The monoisotopic (exact) mass is 308 g/mol. The first-order chi connectivity index (χ1) is 9.88. The van der Waals surface area contributed by atoms with Crippen LogP contribution in [0.1, 0.15) is 74.2 Å². The van der Waals surface area contributed by atoms with Crippen molar-refractivity contribution < 1.29 is 9.90 Å². The van der Waals surface area contributed by atoms with E-state index in [-0.39, 0.29) is 11.5 Å². The molecular formula is C16H24N2O2S. The summed E-state index contributed by atoms with van der Waals surface area (Å²) in [5.74, 6) is 0.742. The number of aryl methyl sites for hydroxylation is 1. The molecule has 5 heteroatoms. The van der Waals surface area contributed by atoms with E-state index in [1.807, 2.05) is 13.8 Å². The van der Waals surface area contributed by atoms with Crippen LogP contribution in [0.15, 0.2) is 5.03 Å². The standard InChI is InChI=1S/C16H24N2O2S/c1-9(2)14-17-11(4)13(16(19)20)15(18-14)21-12-7-5-6-10(3)8-12/h9-10,12H,5-8H2,1-4H3,(H,19,20). The molecule has 2 atom stereocenters. The van der Waals surface area contributed by atoms with Crippen LogP contribution < -0.4 is 0 Å². The summed E-state index contributed by atoms with van der Waals surface area (Å²) in [7, 11) is 0. The molecule has 0 aromatic carbocycles. The molecule has 0 aliphatic heterocycles. The normalized spacial score (nSPS) is 22.5. The number of carbonyl (C=O) groups is 1. The number of thioether (sulfide) groups is 1. The predicted molar refractivity (Wildman–Crippen MR) is 85.1 cm³/mol. The lowest BCUT2D eigenvalue weighted by Gasteiger charge is -2.26. The molecule has 1 saturated carbocycles.